The van der Waals surface area contributed by atoms with Crippen LogP contribution in [0.4, 0.5) is 5.95 Å². The largest absolute Gasteiger partial charge is 0.335 e. The number of aromatic nitrogens is 3. The second kappa shape index (κ2) is 5.17. The molecular weight excluding hydrogens is 238 g/mol. The van der Waals surface area contributed by atoms with Crippen LogP contribution in [0.5, 0.6) is 0 Å². The van der Waals surface area contributed by atoms with Gasteiger partial charge in [-0.3, -0.25) is 0 Å². The highest BCUT2D eigenvalue weighted by atomic mass is 15.4. The summed E-state index contributed by atoms with van der Waals surface area (Å²) in [6, 6.07) is 4.62. The number of hydrogen-bond donors (Lipinski definition) is 1. The zero-order chi connectivity index (χ0) is 13.2. The fourth-order valence-electron chi connectivity index (χ4n) is 2.74. The molecule has 1 aliphatic rings. The third-order valence-corrected chi connectivity index (χ3v) is 3.74. The van der Waals surface area contributed by atoms with Crippen LogP contribution in [0.2, 0.25) is 0 Å². The van der Waals surface area contributed by atoms with Gasteiger partial charge in [0.2, 0.25) is 5.95 Å². The number of pyridine rings is 1. The summed E-state index contributed by atoms with van der Waals surface area (Å²) in [4.78, 5) is 7.08. The first-order valence-corrected chi connectivity index (χ1v) is 7.09. The Labute approximate surface area is 113 Å². The molecule has 102 valence electrons. The van der Waals surface area contributed by atoms with Gasteiger partial charge in [0, 0.05) is 25.3 Å². The molecule has 1 fully saturated rings. The van der Waals surface area contributed by atoms with E-state index < -0.39 is 0 Å². The number of nitrogens with one attached hydrogen (secondary N) is 1. The smallest absolute Gasteiger partial charge is 0.245 e. The summed E-state index contributed by atoms with van der Waals surface area (Å²) in [5.74, 6) is 0.866. The highest BCUT2D eigenvalue weighted by Gasteiger charge is 2.25. The molecule has 2 aromatic rings. The third-order valence-electron chi connectivity index (χ3n) is 3.74. The maximum absolute atomic E-state index is 4.73. The van der Waals surface area contributed by atoms with Crippen molar-refractivity contribution in [2.75, 3.05) is 24.5 Å². The molecule has 0 saturated carbocycles. The Morgan fingerprint density at radius 1 is 1.53 bits per heavy atom. The van der Waals surface area contributed by atoms with Crippen LogP contribution >= 0.6 is 0 Å². The van der Waals surface area contributed by atoms with Gasteiger partial charge in [-0.05, 0) is 37.9 Å². The molecule has 0 radical (unpaired) electrons. The molecule has 0 bridgehead atoms. The molecule has 0 amide bonds. The number of rotatable bonds is 4. The van der Waals surface area contributed by atoms with E-state index in [-0.39, 0.29) is 0 Å². The normalized spacial score (nSPS) is 19.2. The maximum Gasteiger partial charge on any atom is 0.245 e. The molecule has 1 aliphatic heterocycles. The zero-order valence-corrected chi connectivity index (χ0v) is 11.6. The van der Waals surface area contributed by atoms with Crippen molar-refractivity contribution in [3.8, 4) is 0 Å². The van der Waals surface area contributed by atoms with E-state index in [0.717, 1.165) is 37.7 Å². The highest BCUT2D eigenvalue weighted by Crippen LogP contribution is 2.19. The average Bonchev–Trinajstić information content (AvgIpc) is 3.05. The monoisotopic (exact) mass is 259 g/mol. The molecule has 3 rings (SSSR count). The van der Waals surface area contributed by atoms with E-state index in [2.05, 4.69) is 35.2 Å². The van der Waals surface area contributed by atoms with Gasteiger partial charge in [-0.15, -0.1) is 5.10 Å². The van der Waals surface area contributed by atoms with E-state index in [1.807, 2.05) is 16.8 Å². The van der Waals surface area contributed by atoms with E-state index in [0.29, 0.717) is 6.04 Å². The molecule has 5 nitrogen and oxygen atoms in total. The first kappa shape index (κ1) is 12.4. The zero-order valence-electron chi connectivity index (χ0n) is 11.6. The summed E-state index contributed by atoms with van der Waals surface area (Å²) >= 11 is 0. The van der Waals surface area contributed by atoms with E-state index in [4.69, 9.17) is 4.98 Å². The van der Waals surface area contributed by atoms with Crippen LogP contribution in [0.25, 0.3) is 5.65 Å². The molecule has 5 heteroatoms. The summed E-state index contributed by atoms with van der Waals surface area (Å²) in [5.41, 5.74) is 2.13. The minimum Gasteiger partial charge on any atom is -0.335 e. The van der Waals surface area contributed by atoms with Gasteiger partial charge >= 0.3 is 0 Å². The Morgan fingerprint density at radius 3 is 3.11 bits per heavy atom. The van der Waals surface area contributed by atoms with Crippen molar-refractivity contribution in [2.24, 2.45) is 0 Å². The topological polar surface area (TPSA) is 45.5 Å². The maximum atomic E-state index is 4.73. The summed E-state index contributed by atoms with van der Waals surface area (Å²) < 4.78 is 1.88. The van der Waals surface area contributed by atoms with Crippen molar-refractivity contribution >= 4 is 11.6 Å². The predicted octanol–water partition coefficient (Wildman–Crippen LogP) is 1.62. The number of aryl methyl sites for hydroxylation is 1. The Hall–Kier alpha value is -1.62. The quantitative estimate of drug-likeness (QED) is 0.906. The summed E-state index contributed by atoms with van der Waals surface area (Å²) in [5, 5.41) is 8.06. The molecular formula is C14H21N5. The van der Waals surface area contributed by atoms with Crippen LogP contribution in [0, 0.1) is 6.92 Å². The van der Waals surface area contributed by atoms with Crippen LogP contribution in [0.15, 0.2) is 18.3 Å². The van der Waals surface area contributed by atoms with Crippen molar-refractivity contribution in [3.63, 3.8) is 0 Å². The molecule has 2 aromatic heterocycles. The molecule has 1 saturated heterocycles. The van der Waals surface area contributed by atoms with E-state index in [1.165, 1.54) is 12.0 Å². The standard InChI is InChI=1S/C14H21N5/c1-3-8-18(12-6-7-15-10-12)14-16-13-11(2)5-4-9-19(13)17-14/h4-5,9,12,15H,3,6-8,10H2,1-2H3. The minimum atomic E-state index is 0.526. The molecule has 1 atom stereocenters. The highest BCUT2D eigenvalue weighted by molar-refractivity contribution is 5.51. The Bertz CT molecular complexity index is 556. The second-order valence-corrected chi connectivity index (χ2v) is 5.21. The summed E-state index contributed by atoms with van der Waals surface area (Å²) in [6.07, 6.45) is 4.26. The van der Waals surface area contributed by atoms with Gasteiger partial charge < -0.3 is 10.2 Å². The predicted molar refractivity (Wildman–Crippen MR) is 76.6 cm³/mol. The van der Waals surface area contributed by atoms with Crippen LogP contribution in [0.1, 0.15) is 25.3 Å². The third kappa shape index (κ3) is 2.30. The molecule has 0 aliphatic carbocycles. The molecule has 3 heterocycles. The first-order valence-electron chi connectivity index (χ1n) is 7.09. The van der Waals surface area contributed by atoms with Crippen molar-refractivity contribution in [1.82, 2.24) is 19.9 Å². The van der Waals surface area contributed by atoms with Crippen LogP contribution in [-0.4, -0.2) is 40.3 Å². The van der Waals surface area contributed by atoms with Gasteiger partial charge in [0.15, 0.2) is 5.65 Å². The second-order valence-electron chi connectivity index (χ2n) is 5.21. The molecule has 19 heavy (non-hydrogen) atoms. The number of anilines is 1. The van der Waals surface area contributed by atoms with Crippen molar-refractivity contribution in [2.45, 2.75) is 32.7 Å². The first-order chi connectivity index (χ1) is 9.29. The van der Waals surface area contributed by atoms with Crippen molar-refractivity contribution in [1.29, 1.82) is 0 Å². The van der Waals surface area contributed by atoms with E-state index in [9.17, 15) is 0 Å². The van der Waals surface area contributed by atoms with Crippen LogP contribution in [0.3, 0.4) is 0 Å². The molecule has 0 spiro atoms. The van der Waals surface area contributed by atoms with Crippen molar-refractivity contribution < 1.29 is 0 Å². The van der Waals surface area contributed by atoms with Gasteiger partial charge in [-0.2, -0.15) is 4.98 Å². The Balaban J connectivity index is 1.97. The lowest BCUT2D eigenvalue weighted by Gasteiger charge is -2.26. The van der Waals surface area contributed by atoms with Gasteiger partial charge in [0.25, 0.3) is 0 Å². The fraction of sp³-hybridized carbons (Fsp3) is 0.571. The Kier molecular flexibility index (Phi) is 3.38. The van der Waals surface area contributed by atoms with E-state index in [1.54, 1.807) is 0 Å². The molecule has 0 aromatic carbocycles. The van der Waals surface area contributed by atoms with Gasteiger partial charge in [0.05, 0.1) is 0 Å². The van der Waals surface area contributed by atoms with Gasteiger partial charge in [0.1, 0.15) is 0 Å². The number of hydrogen-bond acceptors (Lipinski definition) is 4. The Morgan fingerprint density at radius 2 is 2.42 bits per heavy atom. The van der Waals surface area contributed by atoms with E-state index >= 15 is 0 Å². The number of nitrogens with zero attached hydrogens (tertiary/aromatic N) is 4. The van der Waals surface area contributed by atoms with Gasteiger partial charge in [-0.1, -0.05) is 13.0 Å². The lowest BCUT2D eigenvalue weighted by molar-refractivity contribution is 0.609. The van der Waals surface area contributed by atoms with Crippen LogP contribution < -0.4 is 10.2 Å². The minimum absolute atomic E-state index is 0.526. The van der Waals surface area contributed by atoms with Gasteiger partial charge in [-0.25, -0.2) is 4.52 Å². The lowest BCUT2D eigenvalue weighted by Crippen LogP contribution is -2.38. The number of fused-ring (bicyclic) bond motifs is 1. The SMILES string of the molecule is CCCN(c1nc2c(C)cccn2n1)C1CCNC1. The molecule has 1 N–H and O–H groups in total. The summed E-state index contributed by atoms with van der Waals surface area (Å²) in [6.45, 7) is 7.43. The lowest BCUT2D eigenvalue weighted by atomic mass is 10.2. The summed E-state index contributed by atoms with van der Waals surface area (Å²) in [7, 11) is 0. The molecule has 1 unspecified atom stereocenters. The average molecular weight is 259 g/mol. The van der Waals surface area contributed by atoms with Crippen LogP contribution in [-0.2, 0) is 0 Å². The fourth-order valence-corrected chi connectivity index (χ4v) is 2.74. The van der Waals surface area contributed by atoms with Crippen molar-refractivity contribution in [3.05, 3.63) is 23.9 Å².